The van der Waals surface area contributed by atoms with Gasteiger partial charge in [-0.05, 0) is 38.8 Å². The van der Waals surface area contributed by atoms with Crippen molar-refractivity contribution in [3.8, 4) is 5.75 Å². The molecule has 19 heavy (non-hydrogen) atoms. The van der Waals surface area contributed by atoms with Gasteiger partial charge in [-0.25, -0.2) is 0 Å². The first kappa shape index (κ1) is 14.4. The van der Waals surface area contributed by atoms with E-state index in [-0.39, 0.29) is 6.10 Å². The molecule has 3 nitrogen and oxygen atoms in total. The van der Waals surface area contributed by atoms with Gasteiger partial charge in [0.15, 0.2) is 0 Å². The van der Waals surface area contributed by atoms with Gasteiger partial charge in [0.2, 0.25) is 0 Å². The van der Waals surface area contributed by atoms with Crippen molar-refractivity contribution < 1.29 is 9.47 Å². The molecule has 1 fully saturated rings. The summed E-state index contributed by atoms with van der Waals surface area (Å²) in [5.74, 6) is 0.977. The Morgan fingerprint density at radius 3 is 2.95 bits per heavy atom. The maximum absolute atomic E-state index is 5.98. The first-order chi connectivity index (χ1) is 9.31. The van der Waals surface area contributed by atoms with E-state index in [0.717, 1.165) is 25.3 Å². The van der Waals surface area contributed by atoms with E-state index in [0.29, 0.717) is 12.6 Å². The Bertz CT molecular complexity index is 375. The third kappa shape index (κ3) is 4.22. The van der Waals surface area contributed by atoms with Crippen LogP contribution in [0.3, 0.4) is 0 Å². The number of ether oxygens (including phenoxy) is 2. The molecule has 2 rings (SSSR count). The quantitative estimate of drug-likeness (QED) is 0.854. The average Bonchev–Trinajstić information content (AvgIpc) is 2.47. The molecule has 1 aromatic rings. The number of benzene rings is 1. The van der Waals surface area contributed by atoms with E-state index < -0.39 is 0 Å². The second-order valence-electron chi connectivity index (χ2n) is 5.12. The molecule has 0 aromatic heterocycles. The Labute approximate surface area is 116 Å². The molecule has 3 heteroatoms. The van der Waals surface area contributed by atoms with Crippen molar-refractivity contribution in [3.63, 3.8) is 0 Å². The van der Waals surface area contributed by atoms with E-state index in [1.54, 1.807) is 0 Å². The van der Waals surface area contributed by atoms with Gasteiger partial charge in [-0.2, -0.15) is 0 Å². The predicted molar refractivity (Wildman–Crippen MR) is 77.6 cm³/mol. The van der Waals surface area contributed by atoms with Crippen LogP contribution in [0.15, 0.2) is 24.3 Å². The van der Waals surface area contributed by atoms with Crippen LogP contribution in [0.2, 0.25) is 0 Å². The van der Waals surface area contributed by atoms with Crippen LogP contribution < -0.4 is 10.1 Å². The molecular formula is C16H25NO2. The summed E-state index contributed by atoms with van der Waals surface area (Å²) >= 11 is 0. The summed E-state index contributed by atoms with van der Waals surface area (Å²) in [7, 11) is 0. The summed E-state index contributed by atoms with van der Waals surface area (Å²) in [5, 5.41) is 3.43. The van der Waals surface area contributed by atoms with Crippen LogP contribution in [0.25, 0.3) is 0 Å². The fourth-order valence-corrected chi connectivity index (χ4v) is 2.51. The van der Waals surface area contributed by atoms with Gasteiger partial charge in [-0.15, -0.1) is 0 Å². The minimum atomic E-state index is 0.260. The molecule has 0 radical (unpaired) electrons. The number of rotatable bonds is 6. The summed E-state index contributed by atoms with van der Waals surface area (Å²) in [5.41, 5.74) is 1.22. The first-order valence-electron chi connectivity index (χ1n) is 7.38. The van der Waals surface area contributed by atoms with E-state index in [1.807, 2.05) is 12.1 Å². The molecule has 1 aromatic carbocycles. The molecule has 2 unspecified atom stereocenters. The highest BCUT2D eigenvalue weighted by Crippen LogP contribution is 2.25. The van der Waals surface area contributed by atoms with Crippen LogP contribution in [-0.2, 0) is 4.74 Å². The Balaban J connectivity index is 1.94. The molecule has 0 amide bonds. The molecule has 0 bridgehead atoms. The Hall–Kier alpha value is -1.06. The third-order valence-corrected chi connectivity index (χ3v) is 3.59. The van der Waals surface area contributed by atoms with Crippen molar-refractivity contribution in [3.05, 3.63) is 29.8 Å². The molecule has 0 saturated carbocycles. The van der Waals surface area contributed by atoms with Gasteiger partial charge in [-0.1, -0.05) is 25.1 Å². The highest BCUT2D eigenvalue weighted by atomic mass is 16.5. The minimum Gasteiger partial charge on any atom is -0.491 e. The monoisotopic (exact) mass is 263 g/mol. The second-order valence-corrected chi connectivity index (χ2v) is 5.12. The molecule has 0 aliphatic carbocycles. The summed E-state index contributed by atoms with van der Waals surface area (Å²) < 4.78 is 11.7. The molecule has 2 atom stereocenters. The molecule has 1 N–H and O–H groups in total. The summed E-state index contributed by atoms with van der Waals surface area (Å²) in [6.45, 7) is 6.79. The number of nitrogens with one attached hydrogen (secondary N) is 1. The fraction of sp³-hybridized carbons (Fsp3) is 0.625. The zero-order valence-corrected chi connectivity index (χ0v) is 12.0. The zero-order valence-electron chi connectivity index (χ0n) is 12.0. The highest BCUT2D eigenvalue weighted by Gasteiger charge is 2.16. The van der Waals surface area contributed by atoms with Crippen molar-refractivity contribution in [1.82, 2.24) is 5.32 Å². The lowest BCUT2D eigenvalue weighted by Gasteiger charge is -2.24. The van der Waals surface area contributed by atoms with Gasteiger partial charge in [0.1, 0.15) is 12.4 Å². The topological polar surface area (TPSA) is 30.5 Å². The molecule has 106 valence electrons. The van der Waals surface area contributed by atoms with E-state index in [9.17, 15) is 0 Å². The zero-order chi connectivity index (χ0) is 13.5. The van der Waals surface area contributed by atoms with Crippen molar-refractivity contribution in [2.24, 2.45) is 0 Å². The lowest BCUT2D eigenvalue weighted by molar-refractivity contribution is -0.0113. The maximum atomic E-state index is 5.98. The van der Waals surface area contributed by atoms with Crippen LogP contribution in [-0.4, -0.2) is 25.9 Å². The van der Waals surface area contributed by atoms with Crippen molar-refractivity contribution in [2.75, 3.05) is 19.8 Å². The van der Waals surface area contributed by atoms with Gasteiger partial charge in [0.25, 0.3) is 0 Å². The Morgan fingerprint density at radius 2 is 2.21 bits per heavy atom. The smallest absolute Gasteiger partial charge is 0.124 e. The van der Waals surface area contributed by atoms with Gasteiger partial charge >= 0.3 is 0 Å². The molecular weight excluding hydrogens is 238 g/mol. The molecule has 1 aliphatic heterocycles. The Kier molecular flexibility index (Phi) is 5.67. The third-order valence-electron chi connectivity index (χ3n) is 3.59. The fourth-order valence-electron chi connectivity index (χ4n) is 2.51. The lowest BCUT2D eigenvalue weighted by atomic mass is 10.1. The summed E-state index contributed by atoms with van der Waals surface area (Å²) in [6.07, 6.45) is 3.81. The van der Waals surface area contributed by atoms with Gasteiger partial charge in [-0.3, -0.25) is 0 Å². The summed E-state index contributed by atoms with van der Waals surface area (Å²) in [4.78, 5) is 0. The van der Waals surface area contributed by atoms with Gasteiger partial charge < -0.3 is 14.8 Å². The number of hydrogen-bond acceptors (Lipinski definition) is 3. The van der Waals surface area contributed by atoms with Crippen molar-refractivity contribution in [2.45, 2.75) is 45.3 Å². The van der Waals surface area contributed by atoms with E-state index >= 15 is 0 Å². The number of para-hydroxylation sites is 1. The SMILES string of the molecule is CCNC(C)c1ccccc1OCC1CCCCO1. The van der Waals surface area contributed by atoms with Crippen LogP contribution in [0, 0.1) is 0 Å². The second kappa shape index (κ2) is 7.51. The van der Waals surface area contributed by atoms with E-state index in [1.165, 1.54) is 18.4 Å². The maximum Gasteiger partial charge on any atom is 0.124 e. The normalized spacial score (nSPS) is 21.1. The molecule has 0 spiro atoms. The lowest BCUT2D eigenvalue weighted by Crippen LogP contribution is -2.26. The Morgan fingerprint density at radius 1 is 1.37 bits per heavy atom. The molecule has 1 heterocycles. The molecule has 1 saturated heterocycles. The highest BCUT2D eigenvalue weighted by molar-refractivity contribution is 5.35. The minimum absolute atomic E-state index is 0.260. The van der Waals surface area contributed by atoms with Gasteiger partial charge in [0.05, 0.1) is 6.10 Å². The van der Waals surface area contributed by atoms with Crippen LogP contribution in [0.1, 0.15) is 44.7 Å². The van der Waals surface area contributed by atoms with E-state index in [2.05, 4.69) is 31.3 Å². The molecule has 1 aliphatic rings. The van der Waals surface area contributed by atoms with Crippen LogP contribution in [0.4, 0.5) is 0 Å². The first-order valence-corrected chi connectivity index (χ1v) is 7.38. The standard InChI is InChI=1S/C16H25NO2/c1-3-17-13(2)15-9-4-5-10-16(15)19-12-14-8-6-7-11-18-14/h4-5,9-10,13-14,17H,3,6-8,11-12H2,1-2H3. The predicted octanol–water partition coefficient (Wildman–Crippen LogP) is 3.31. The van der Waals surface area contributed by atoms with Crippen molar-refractivity contribution in [1.29, 1.82) is 0 Å². The van der Waals surface area contributed by atoms with Crippen LogP contribution >= 0.6 is 0 Å². The van der Waals surface area contributed by atoms with Gasteiger partial charge in [0, 0.05) is 18.2 Å². The average molecular weight is 263 g/mol. The van der Waals surface area contributed by atoms with Crippen LogP contribution in [0.5, 0.6) is 5.75 Å². The van der Waals surface area contributed by atoms with Crippen molar-refractivity contribution >= 4 is 0 Å². The number of hydrogen-bond donors (Lipinski definition) is 1. The largest absolute Gasteiger partial charge is 0.491 e. The summed E-state index contributed by atoms with van der Waals surface area (Å²) in [6, 6.07) is 8.58. The van der Waals surface area contributed by atoms with E-state index in [4.69, 9.17) is 9.47 Å².